The highest BCUT2D eigenvalue weighted by Gasteiger charge is 2.44. The lowest BCUT2D eigenvalue weighted by Crippen LogP contribution is -2.57. The topological polar surface area (TPSA) is 111 Å². The van der Waals surface area contributed by atoms with Crippen LogP contribution in [0.5, 0.6) is 0 Å². The molecule has 4 aromatic rings. The van der Waals surface area contributed by atoms with E-state index in [9.17, 15) is 10.1 Å². The number of nitrogens with one attached hydrogen (secondary N) is 1. The van der Waals surface area contributed by atoms with Gasteiger partial charge < -0.3 is 20.0 Å². The number of hydrogen-bond acceptors (Lipinski definition) is 8. The van der Waals surface area contributed by atoms with Crippen LogP contribution in [0.3, 0.4) is 0 Å². The predicted octanol–water partition coefficient (Wildman–Crippen LogP) is 3.06. The molecule has 0 saturated carbocycles. The molecule has 1 N–H and O–H groups in total. The summed E-state index contributed by atoms with van der Waals surface area (Å²) in [4.78, 5) is 23.8. The lowest BCUT2D eigenvalue weighted by molar-refractivity contribution is -0.133. The first-order valence-electron chi connectivity index (χ1n) is 13.4. The Morgan fingerprint density at radius 3 is 2.73 bits per heavy atom. The van der Waals surface area contributed by atoms with Crippen LogP contribution in [-0.4, -0.2) is 86.4 Å². The van der Waals surface area contributed by atoms with Gasteiger partial charge in [-0.15, -0.1) is 5.10 Å². The van der Waals surface area contributed by atoms with Crippen LogP contribution >= 0.6 is 11.6 Å². The Labute approximate surface area is 237 Å². The SMILES string of the molecule is CN1CCN(C(=O)Cn2cc(Nc3nc4c(N5CC(CC#N)(Cc6ccccc6Cl)C5)cccn4n3)cn2)CC1. The average molecular weight is 559 g/mol. The van der Waals surface area contributed by atoms with Gasteiger partial charge >= 0.3 is 0 Å². The van der Waals surface area contributed by atoms with Gasteiger partial charge in [0, 0.05) is 68.5 Å². The van der Waals surface area contributed by atoms with E-state index in [2.05, 4.69) is 38.4 Å². The zero-order valence-corrected chi connectivity index (χ0v) is 23.1. The molecule has 3 aromatic heterocycles. The smallest absolute Gasteiger partial charge is 0.247 e. The van der Waals surface area contributed by atoms with Crippen molar-refractivity contribution in [3.05, 3.63) is 65.6 Å². The fraction of sp³-hybridized carbons (Fsp3) is 0.393. The van der Waals surface area contributed by atoms with Gasteiger partial charge in [-0.1, -0.05) is 29.8 Å². The van der Waals surface area contributed by atoms with E-state index in [0.29, 0.717) is 18.1 Å². The number of carbonyl (C=O) groups excluding carboxylic acids is 1. The summed E-state index contributed by atoms with van der Waals surface area (Å²) in [5, 5.41) is 22.4. The molecular formula is C28H31ClN10O. The Balaban J connectivity index is 1.13. The summed E-state index contributed by atoms with van der Waals surface area (Å²) >= 11 is 6.43. The molecule has 0 unspecified atom stereocenters. The van der Waals surface area contributed by atoms with E-state index in [0.717, 1.165) is 67.6 Å². The van der Waals surface area contributed by atoms with Crippen molar-refractivity contribution in [2.24, 2.45) is 5.41 Å². The molecule has 2 aliphatic heterocycles. The quantitative estimate of drug-likeness (QED) is 0.351. The van der Waals surface area contributed by atoms with Crippen LogP contribution in [0.25, 0.3) is 5.65 Å². The predicted molar refractivity (Wildman–Crippen MR) is 153 cm³/mol. The second kappa shape index (κ2) is 10.8. The molecule has 40 heavy (non-hydrogen) atoms. The molecule has 11 nitrogen and oxygen atoms in total. The summed E-state index contributed by atoms with van der Waals surface area (Å²) in [6.45, 7) is 4.91. The van der Waals surface area contributed by atoms with Crippen molar-refractivity contribution in [2.45, 2.75) is 19.4 Å². The van der Waals surface area contributed by atoms with E-state index < -0.39 is 0 Å². The average Bonchev–Trinajstić information content (AvgIpc) is 3.54. The largest absolute Gasteiger partial charge is 0.367 e. The Kier molecular flexibility index (Phi) is 7.04. The first kappa shape index (κ1) is 26.1. The Bertz CT molecular complexity index is 1560. The number of anilines is 3. The van der Waals surface area contributed by atoms with E-state index in [1.165, 1.54) is 0 Å². The van der Waals surface area contributed by atoms with Crippen LogP contribution in [0.1, 0.15) is 12.0 Å². The van der Waals surface area contributed by atoms with Crippen molar-refractivity contribution < 1.29 is 4.79 Å². The molecule has 0 aliphatic carbocycles. The first-order valence-corrected chi connectivity index (χ1v) is 13.8. The minimum atomic E-state index is -0.163. The molecule has 0 bridgehead atoms. The highest BCUT2D eigenvalue weighted by atomic mass is 35.5. The lowest BCUT2D eigenvalue weighted by Gasteiger charge is -2.50. The van der Waals surface area contributed by atoms with Gasteiger partial charge in [0.2, 0.25) is 11.9 Å². The van der Waals surface area contributed by atoms with Gasteiger partial charge in [0.15, 0.2) is 5.65 Å². The molecule has 6 rings (SSSR count). The third kappa shape index (κ3) is 5.33. The first-order chi connectivity index (χ1) is 19.4. The third-order valence-electron chi connectivity index (χ3n) is 7.75. The molecule has 0 spiro atoms. The van der Waals surface area contributed by atoms with Crippen molar-refractivity contribution in [3.63, 3.8) is 0 Å². The number of fused-ring (bicyclic) bond motifs is 1. The number of nitrogens with zero attached hydrogens (tertiary/aromatic N) is 9. The van der Waals surface area contributed by atoms with E-state index in [1.54, 1.807) is 21.6 Å². The van der Waals surface area contributed by atoms with Crippen LogP contribution in [0.4, 0.5) is 17.3 Å². The van der Waals surface area contributed by atoms with E-state index in [-0.39, 0.29) is 17.9 Å². The summed E-state index contributed by atoms with van der Waals surface area (Å²) < 4.78 is 3.38. The molecule has 5 heterocycles. The number of aromatic nitrogens is 5. The molecule has 12 heteroatoms. The minimum Gasteiger partial charge on any atom is -0.367 e. The fourth-order valence-corrected chi connectivity index (χ4v) is 5.77. The molecule has 2 saturated heterocycles. The number of likely N-dealkylation sites (N-methyl/N-ethyl adjacent to an activating group) is 1. The maximum atomic E-state index is 12.7. The van der Waals surface area contributed by atoms with Crippen LogP contribution in [0.15, 0.2) is 55.0 Å². The van der Waals surface area contributed by atoms with E-state index in [4.69, 9.17) is 16.6 Å². The zero-order valence-electron chi connectivity index (χ0n) is 22.4. The summed E-state index contributed by atoms with van der Waals surface area (Å²) in [7, 11) is 2.07. The maximum absolute atomic E-state index is 12.7. The number of halogens is 1. The van der Waals surface area contributed by atoms with Gasteiger partial charge in [0.1, 0.15) is 6.54 Å². The van der Waals surface area contributed by atoms with Gasteiger partial charge in [-0.2, -0.15) is 15.3 Å². The van der Waals surface area contributed by atoms with Crippen LogP contribution in [-0.2, 0) is 17.8 Å². The monoisotopic (exact) mass is 558 g/mol. The lowest BCUT2D eigenvalue weighted by atomic mass is 9.72. The molecule has 0 radical (unpaired) electrons. The normalized spacial score (nSPS) is 17.0. The second-order valence-electron chi connectivity index (χ2n) is 10.8. The standard InChI is InChI=1S/C28H31ClN10O/c1-35-11-13-36(14-12-35)25(40)18-38-17-22(16-31-38)32-27-33-26-24(7-4-10-39(26)34-27)37-19-28(20-37,8-9-30)15-21-5-2-3-6-23(21)29/h2-7,10,16-17H,8,11-15,18-20H2,1H3,(H,32,34). The van der Waals surface area contributed by atoms with Crippen molar-refractivity contribution in [3.8, 4) is 6.07 Å². The number of rotatable bonds is 8. The Morgan fingerprint density at radius 2 is 1.95 bits per heavy atom. The van der Waals surface area contributed by atoms with Crippen molar-refractivity contribution in [1.29, 1.82) is 5.26 Å². The molecule has 2 aliphatic rings. The van der Waals surface area contributed by atoms with E-state index >= 15 is 0 Å². The number of piperazine rings is 1. The number of benzene rings is 1. The number of carbonyl (C=O) groups is 1. The van der Waals surface area contributed by atoms with Crippen molar-refractivity contribution in [1.82, 2.24) is 34.2 Å². The van der Waals surface area contributed by atoms with E-state index in [1.807, 2.05) is 47.5 Å². The summed E-state index contributed by atoms with van der Waals surface area (Å²) in [5.74, 6) is 0.507. The molecule has 1 amide bonds. The fourth-order valence-electron chi connectivity index (χ4n) is 5.56. The van der Waals surface area contributed by atoms with Gasteiger partial charge in [0.05, 0.1) is 23.6 Å². The number of pyridine rings is 1. The third-order valence-corrected chi connectivity index (χ3v) is 8.12. The molecule has 2 fully saturated rings. The van der Waals surface area contributed by atoms with Crippen LogP contribution in [0, 0.1) is 16.7 Å². The van der Waals surface area contributed by atoms with Gasteiger partial charge in [-0.3, -0.25) is 9.48 Å². The Morgan fingerprint density at radius 1 is 1.15 bits per heavy atom. The highest BCUT2D eigenvalue weighted by molar-refractivity contribution is 6.31. The summed E-state index contributed by atoms with van der Waals surface area (Å²) in [6, 6.07) is 14.2. The summed E-state index contributed by atoms with van der Waals surface area (Å²) in [6.07, 6.45) is 6.53. The van der Waals surface area contributed by atoms with Crippen molar-refractivity contribution in [2.75, 3.05) is 56.5 Å². The van der Waals surface area contributed by atoms with Crippen molar-refractivity contribution >= 4 is 40.5 Å². The summed E-state index contributed by atoms with van der Waals surface area (Å²) in [5.41, 5.74) is 3.30. The number of amides is 1. The second-order valence-corrected chi connectivity index (χ2v) is 11.2. The van der Waals surface area contributed by atoms with Gasteiger partial charge in [-0.05, 0) is 37.2 Å². The van der Waals surface area contributed by atoms with Gasteiger partial charge in [-0.25, -0.2) is 4.52 Å². The molecule has 206 valence electrons. The van der Waals surface area contributed by atoms with Crippen LogP contribution in [0.2, 0.25) is 5.02 Å². The number of hydrogen-bond donors (Lipinski definition) is 1. The van der Waals surface area contributed by atoms with Gasteiger partial charge in [0.25, 0.3) is 0 Å². The molecule has 0 atom stereocenters. The van der Waals surface area contributed by atoms with Crippen LogP contribution < -0.4 is 10.2 Å². The molecule has 1 aromatic carbocycles. The zero-order chi connectivity index (χ0) is 27.7. The highest BCUT2D eigenvalue weighted by Crippen LogP contribution is 2.42. The minimum absolute atomic E-state index is 0.0646. The molecular weight excluding hydrogens is 528 g/mol. The number of nitriles is 1. The Hall–Kier alpha value is -4.14. The maximum Gasteiger partial charge on any atom is 0.247 e.